The van der Waals surface area contributed by atoms with Gasteiger partial charge in [0.05, 0.1) is 6.04 Å². The highest BCUT2D eigenvalue weighted by molar-refractivity contribution is 7.89. The molecule has 0 unspecified atom stereocenters. The molecule has 1 aliphatic heterocycles. The first-order valence-corrected chi connectivity index (χ1v) is 8.94. The second kappa shape index (κ2) is 6.39. The van der Waals surface area contributed by atoms with Gasteiger partial charge in [0.15, 0.2) is 0 Å². The van der Waals surface area contributed by atoms with Crippen LogP contribution >= 0.6 is 0 Å². The number of benzene rings is 2. The maximum Gasteiger partial charge on any atom is 0.246 e. The fourth-order valence-electron chi connectivity index (χ4n) is 2.92. The van der Waals surface area contributed by atoms with Gasteiger partial charge in [-0.3, -0.25) is 0 Å². The van der Waals surface area contributed by atoms with Crippen molar-refractivity contribution in [3.63, 3.8) is 0 Å². The van der Waals surface area contributed by atoms with E-state index in [0.717, 1.165) is 5.56 Å². The predicted octanol–water partition coefficient (Wildman–Crippen LogP) is 2.50. The maximum atomic E-state index is 14.0. The minimum Gasteiger partial charge on any atom is -0.303 e. The number of hydrogen-bond donors (Lipinski definition) is 0. The first-order valence-electron chi connectivity index (χ1n) is 7.50. The van der Waals surface area contributed by atoms with Crippen LogP contribution in [0.5, 0.6) is 0 Å². The molecule has 0 radical (unpaired) electrons. The van der Waals surface area contributed by atoms with Crippen LogP contribution in [0.3, 0.4) is 0 Å². The molecule has 2 aromatic carbocycles. The second-order valence-electron chi connectivity index (χ2n) is 5.73. The average molecular weight is 334 g/mol. The number of nitrogens with zero attached hydrogens (tertiary/aromatic N) is 2. The number of piperazine rings is 1. The molecule has 0 spiro atoms. The molecule has 0 aliphatic carbocycles. The van der Waals surface area contributed by atoms with Crippen molar-refractivity contribution < 1.29 is 12.8 Å². The van der Waals surface area contributed by atoms with Crippen LogP contribution in [0.1, 0.15) is 11.6 Å². The van der Waals surface area contributed by atoms with Crippen LogP contribution in [0.2, 0.25) is 0 Å². The van der Waals surface area contributed by atoms with Crippen molar-refractivity contribution >= 4 is 10.0 Å². The number of likely N-dealkylation sites (N-methyl/N-ethyl adjacent to an activating group) is 1. The molecule has 1 aliphatic rings. The predicted molar refractivity (Wildman–Crippen MR) is 87.0 cm³/mol. The molecule has 1 heterocycles. The van der Waals surface area contributed by atoms with Crippen LogP contribution < -0.4 is 0 Å². The Kier molecular flexibility index (Phi) is 4.48. The first-order chi connectivity index (χ1) is 11.0. The lowest BCUT2D eigenvalue weighted by Crippen LogP contribution is -2.49. The van der Waals surface area contributed by atoms with E-state index >= 15 is 0 Å². The third kappa shape index (κ3) is 3.15. The number of hydrogen-bond acceptors (Lipinski definition) is 3. The van der Waals surface area contributed by atoms with Crippen molar-refractivity contribution in [2.75, 3.05) is 26.7 Å². The molecule has 3 rings (SSSR count). The number of halogens is 1. The Balaban J connectivity index is 2.03. The van der Waals surface area contributed by atoms with E-state index in [2.05, 4.69) is 4.90 Å². The van der Waals surface area contributed by atoms with Gasteiger partial charge in [-0.15, -0.1) is 0 Å². The van der Waals surface area contributed by atoms with E-state index in [1.54, 1.807) is 6.07 Å². The summed E-state index contributed by atoms with van der Waals surface area (Å²) >= 11 is 0. The molecule has 1 saturated heterocycles. The van der Waals surface area contributed by atoms with E-state index in [-0.39, 0.29) is 10.9 Å². The topological polar surface area (TPSA) is 40.6 Å². The summed E-state index contributed by atoms with van der Waals surface area (Å²) in [4.78, 5) is 1.83. The smallest absolute Gasteiger partial charge is 0.246 e. The van der Waals surface area contributed by atoms with Gasteiger partial charge in [-0.05, 0) is 24.7 Å². The molecular weight excluding hydrogens is 315 g/mol. The maximum absolute atomic E-state index is 14.0. The minimum absolute atomic E-state index is 0.259. The molecule has 2 aromatic rings. The van der Waals surface area contributed by atoms with Gasteiger partial charge < -0.3 is 4.90 Å². The molecule has 0 aromatic heterocycles. The molecule has 0 bridgehead atoms. The molecule has 1 fully saturated rings. The highest BCUT2D eigenvalue weighted by atomic mass is 32.2. The molecular formula is C17H19FN2O2S. The normalized spacial score (nSPS) is 20.5. The van der Waals surface area contributed by atoms with Crippen molar-refractivity contribution in [1.82, 2.24) is 9.21 Å². The summed E-state index contributed by atoms with van der Waals surface area (Å²) in [7, 11) is -1.92. The molecule has 122 valence electrons. The van der Waals surface area contributed by atoms with Gasteiger partial charge in [-0.1, -0.05) is 42.5 Å². The molecule has 0 saturated carbocycles. The largest absolute Gasteiger partial charge is 0.303 e. The Morgan fingerprint density at radius 2 is 1.65 bits per heavy atom. The van der Waals surface area contributed by atoms with Crippen LogP contribution in [0, 0.1) is 5.82 Å². The zero-order valence-electron chi connectivity index (χ0n) is 12.9. The molecule has 6 heteroatoms. The molecule has 1 atom stereocenters. The van der Waals surface area contributed by atoms with Gasteiger partial charge in [0.1, 0.15) is 10.7 Å². The summed E-state index contributed by atoms with van der Waals surface area (Å²) in [6.45, 7) is 1.54. The van der Waals surface area contributed by atoms with Crippen molar-refractivity contribution in [2.24, 2.45) is 0 Å². The lowest BCUT2D eigenvalue weighted by molar-refractivity contribution is 0.160. The van der Waals surface area contributed by atoms with E-state index in [9.17, 15) is 12.8 Å². The minimum atomic E-state index is -3.88. The Labute approximate surface area is 136 Å². The fourth-order valence-corrected chi connectivity index (χ4v) is 4.58. The Bertz CT molecular complexity index is 780. The summed E-state index contributed by atoms with van der Waals surface area (Å²) in [5.41, 5.74) is 0.916. The van der Waals surface area contributed by atoms with Crippen molar-refractivity contribution in [3.05, 3.63) is 66.0 Å². The van der Waals surface area contributed by atoms with Crippen LogP contribution in [0.4, 0.5) is 4.39 Å². The van der Waals surface area contributed by atoms with Crippen LogP contribution in [-0.2, 0) is 10.0 Å². The SMILES string of the molecule is CN1CCN(S(=O)(=O)c2ccccc2F)[C@@H](c2ccccc2)C1. The first kappa shape index (κ1) is 16.1. The number of sulfonamides is 1. The standard InChI is InChI=1S/C17H19FN2O2S/c1-19-11-12-20(16(13-19)14-7-3-2-4-8-14)23(21,22)17-10-6-5-9-15(17)18/h2-10,16H,11-13H2,1H3/t16-/m1/s1. The Morgan fingerprint density at radius 1 is 1.00 bits per heavy atom. The number of rotatable bonds is 3. The highest BCUT2D eigenvalue weighted by Crippen LogP contribution is 2.31. The Morgan fingerprint density at radius 3 is 2.35 bits per heavy atom. The van der Waals surface area contributed by atoms with Gasteiger partial charge in [-0.25, -0.2) is 12.8 Å². The van der Waals surface area contributed by atoms with E-state index in [1.807, 2.05) is 37.4 Å². The van der Waals surface area contributed by atoms with E-state index in [0.29, 0.717) is 19.6 Å². The summed E-state index contributed by atoms with van der Waals surface area (Å²) < 4.78 is 41.4. The average Bonchev–Trinajstić information content (AvgIpc) is 2.55. The van der Waals surface area contributed by atoms with E-state index in [4.69, 9.17) is 0 Å². The monoisotopic (exact) mass is 334 g/mol. The van der Waals surface area contributed by atoms with Gasteiger partial charge in [0, 0.05) is 19.6 Å². The van der Waals surface area contributed by atoms with Crippen LogP contribution in [0.25, 0.3) is 0 Å². The van der Waals surface area contributed by atoms with Gasteiger partial charge in [0.25, 0.3) is 0 Å². The van der Waals surface area contributed by atoms with Crippen molar-refractivity contribution in [2.45, 2.75) is 10.9 Å². The van der Waals surface area contributed by atoms with E-state index in [1.165, 1.54) is 22.5 Å². The lowest BCUT2D eigenvalue weighted by atomic mass is 10.1. The lowest BCUT2D eigenvalue weighted by Gasteiger charge is -2.39. The zero-order chi connectivity index (χ0) is 16.4. The fraction of sp³-hybridized carbons (Fsp3) is 0.294. The van der Waals surface area contributed by atoms with Gasteiger partial charge in [-0.2, -0.15) is 4.31 Å². The van der Waals surface area contributed by atoms with Gasteiger partial charge in [0.2, 0.25) is 10.0 Å². The Hall–Kier alpha value is -1.76. The summed E-state index contributed by atoms with van der Waals surface area (Å²) in [5, 5.41) is 0. The van der Waals surface area contributed by atoms with Crippen LogP contribution in [0.15, 0.2) is 59.5 Å². The highest BCUT2D eigenvalue weighted by Gasteiger charge is 2.37. The van der Waals surface area contributed by atoms with Crippen molar-refractivity contribution in [1.29, 1.82) is 0 Å². The summed E-state index contributed by atoms with van der Waals surface area (Å²) in [6, 6.07) is 14.7. The summed E-state index contributed by atoms with van der Waals surface area (Å²) in [5.74, 6) is -0.710. The second-order valence-corrected chi connectivity index (χ2v) is 7.59. The quantitative estimate of drug-likeness (QED) is 0.866. The third-order valence-electron chi connectivity index (χ3n) is 4.14. The third-order valence-corrected chi connectivity index (χ3v) is 6.08. The zero-order valence-corrected chi connectivity index (χ0v) is 13.7. The van der Waals surface area contributed by atoms with E-state index < -0.39 is 15.8 Å². The van der Waals surface area contributed by atoms with Crippen LogP contribution in [-0.4, -0.2) is 44.3 Å². The summed E-state index contributed by atoms with van der Waals surface area (Å²) in [6.07, 6.45) is 0. The molecule has 0 amide bonds. The molecule has 0 N–H and O–H groups in total. The molecule has 23 heavy (non-hydrogen) atoms. The van der Waals surface area contributed by atoms with Crippen molar-refractivity contribution in [3.8, 4) is 0 Å². The molecule has 4 nitrogen and oxygen atoms in total. The van der Waals surface area contributed by atoms with Gasteiger partial charge >= 0.3 is 0 Å².